The minimum atomic E-state index is -0.456. The van der Waals surface area contributed by atoms with E-state index in [2.05, 4.69) is 10.3 Å². The molecule has 0 aliphatic heterocycles. The summed E-state index contributed by atoms with van der Waals surface area (Å²) in [6.07, 6.45) is 1.36. The van der Waals surface area contributed by atoms with Crippen LogP contribution in [0.1, 0.15) is 29.9 Å². The summed E-state index contributed by atoms with van der Waals surface area (Å²) in [5.41, 5.74) is 5.98. The number of carbonyl (C=O) groups is 1. The molecule has 0 fully saturated rings. The predicted molar refractivity (Wildman–Crippen MR) is 59.6 cm³/mol. The summed E-state index contributed by atoms with van der Waals surface area (Å²) >= 11 is 0. The molecule has 0 radical (unpaired) electrons. The molecule has 3 N–H and O–H groups in total. The van der Waals surface area contributed by atoms with Crippen LogP contribution in [0.2, 0.25) is 0 Å². The number of aromatic nitrogens is 1. The SMILES string of the molecule is CC(C)(N)CNC(=O)c1ccc(C#N)cn1. The van der Waals surface area contributed by atoms with Crippen LogP contribution in [0.25, 0.3) is 0 Å². The van der Waals surface area contributed by atoms with Gasteiger partial charge in [-0.25, -0.2) is 4.98 Å². The third-order valence-corrected chi connectivity index (χ3v) is 1.83. The second kappa shape index (κ2) is 4.73. The van der Waals surface area contributed by atoms with Gasteiger partial charge in [0.15, 0.2) is 0 Å². The molecule has 5 nitrogen and oxygen atoms in total. The Morgan fingerprint density at radius 2 is 2.31 bits per heavy atom. The van der Waals surface area contributed by atoms with Crippen molar-refractivity contribution >= 4 is 5.91 Å². The lowest BCUT2D eigenvalue weighted by molar-refractivity contribution is 0.0941. The Hall–Kier alpha value is -1.93. The van der Waals surface area contributed by atoms with Crippen LogP contribution in [0.4, 0.5) is 0 Å². The maximum Gasteiger partial charge on any atom is 0.269 e. The molecule has 1 heterocycles. The van der Waals surface area contributed by atoms with Crippen LogP contribution < -0.4 is 11.1 Å². The Morgan fingerprint density at radius 1 is 1.62 bits per heavy atom. The number of amides is 1. The second-order valence-corrected chi connectivity index (χ2v) is 4.22. The van der Waals surface area contributed by atoms with E-state index in [4.69, 9.17) is 11.0 Å². The van der Waals surface area contributed by atoms with Crippen molar-refractivity contribution in [3.63, 3.8) is 0 Å². The van der Waals surface area contributed by atoms with E-state index in [-0.39, 0.29) is 11.6 Å². The highest BCUT2D eigenvalue weighted by atomic mass is 16.1. The average molecular weight is 218 g/mol. The number of hydrogen-bond donors (Lipinski definition) is 2. The van der Waals surface area contributed by atoms with Crippen LogP contribution >= 0.6 is 0 Å². The summed E-state index contributed by atoms with van der Waals surface area (Å²) in [7, 11) is 0. The molecule has 0 spiro atoms. The normalized spacial score (nSPS) is 10.6. The Labute approximate surface area is 94.3 Å². The number of nitrogens with one attached hydrogen (secondary N) is 1. The third kappa shape index (κ3) is 3.67. The highest BCUT2D eigenvalue weighted by molar-refractivity contribution is 5.92. The topological polar surface area (TPSA) is 91.8 Å². The molecule has 84 valence electrons. The van der Waals surface area contributed by atoms with Gasteiger partial charge in [0.2, 0.25) is 0 Å². The number of nitrogens with two attached hydrogens (primary N) is 1. The van der Waals surface area contributed by atoms with Gasteiger partial charge in [0.05, 0.1) is 5.56 Å². The standard InChI is InChI=1S/C11H14N4O/c1-11(2,13)7-15-10(16)9-4-3-8(5-12)6-14-9/h3-4,6H,7,13H2,1-2H3,(H,15,16). The van der Waals surface area contributed by atoms with E-state index in [1.165, 1.54) is 12.3 Å². The summed E-state index contributed by atoms with van der Waals surface area (Å²) in [6.45, 7) is 4.01. The molecule has 1 amide bonds. The van der Waals surface area contributed by atoms with Gasteiger partial charge in [-0.05, 0) is 26.0 Å². The summed E-state index contributed by atoms with van der Waals surface area (Å²) in [5, 5.41) is 11.2. The van der Waals surface area contributed by atoms with Gasteiger partial charge < -0.3 is 11.1 Å². The smallest absolute Gasteiger partial charge is 0.269 e. The van der Waals surface area contributed by atoms with E-state index < -0.39 is 5.54 Å². The number of nitrogens with zero attached hydrogens (tertiary/aromatic N) is 2. The summed E-state index contributed by atoms with van der Waals surface area (Å²) in [6, 6.07) is 5.00. The van der Waals surface area contributed by atoms with E-state index >= 15 is 0 Å². The molecule has 0 bridgehead atoms. The Kier molecular flexibility index (Phi) is 3.59. The molecule has 0 atom stereocenters. The first-order valence-corrected chi connectivity index (χ1v) is 4.85. The lowest BCUT2D eigenvalue weighted by Gasteiger charge is -2.18. The van der Waals surface area contributed by atoms with Crippen LogP contribution in [0.5, 0.6) is 0 Å². The average Bonchev–Trinajstić information content (AvgIpc) is 2.25. The zero-order valence-corrected chi connectivity index (χ0v) is 9.32. The minimum Gasteiger partial charge on any atom is -0.349 e. The largest absolute Gasteiger partial charge is 0.349 e. The van der Waals surface area contributed by atoms with Gasteiger partial charge in [-0.2, -0.15) is 5.26 Å². The Bertz CT molecular complexity index is 411. The van der Waals surface area contributed by atoms with E-state index in [1.807, 2.05) is 19.9 Å². The van der Waals surface area contributed by atoms with Crippen molar-refractivity contribution < 1.29 is 4.79 Å². The summed E-state index contributed by atoms with van der Waals surface area (Å²) in [5.74, 6) is -0.289. The van der Waals surface area contributed by atoms with Gasteiger partial charge in [0, 0.05) is 18.3 Å². The summed E-state index contributed by atoms with van der Waals surface area (Å²) < 4.78 is 0. The highest BCUT2D eigenvalue weighted by Gasteiger charge is 2.13. The molecule has 16 heavy (non-hydrogen) atoms. The second-order valence-electron chi connectivity index (χ2n) is 4.22. The van der Waals surface area contributed by atoms with Crippen molar-refractivity contribution in [2.24, 2.45) is 5.73 Å². The van der Waals surface area contributed by atoms with Crippen molar-refractivity contribution in [1.29, 1.82) is 5.26 Å². The molecule has 1 rings (SSSR count). The first-order valence-electron chi connectivity index (χ1n) is 4.85. The number of pyridine rings is 1. The molecule has 5 heteroatoms. The van der Waals surface area contributed by atoms with Gasteiger partial charge in [-0.15, -0.1) is 0 Å². The lowest BCUT2D eigenvalue weighted by Crippen LogP contribution is -2.45. The van der Waals surface area contributed by atoms with Crippen molar-refractivity contribution in [3.8, 4) is 6.07 Å². The molecule has 0 aliphatic carbocycles. The van der Waals surface area contributed by atoms with Crippen molar-refractivity contribution in [1.82, 2.24) is 10.3 Å². The molecule has 1 aromatic rings. The fourth-order valence-electron chi connectivity index (χ4n) is 0.993. The Balaban J connectivity index is 2.64. The lowest BCUT2D eigenvalue weighted by atomic mass is 10.1. The van der Waals surface area contributed by atoms with Crippen LogP contribution in [0.15, 0.2) is 18.3 Å². The third-order valence-electron chi connectivity index (χ3n) is 1.83. The van der Waals surface area contributed by atoms with Crippen LogP contribution in [0.3, 0.4) is 0 Å². The number of rotatable bonds is 3. The van der Waals surface area contributed by atoms with Crippen LogP contribution in [-0.2, 0) is 0 Å². The van der Waals surface area contributed by atoms with E-state index in [1.54, 1.807) is 6.07 Å². The molecule has 0 unspecified atom stereocenters. The number of nitriles is 1. The van der Waals surface area contributed by atoms with Crippen molar-refractivity contribution in [3.05, 3.63) is 29.6 Å². The molecule has 0 saturated heterocycles. The molecular weight excluding hydrogens is 204 g/mol. The number of carbonyl (C=O) groups excluding carboxylic acids is 1. The number of hydrogen-bond acceptors (Lipinski definition) is 4. The first kappa shape index (κ1) is 12.1. The highest BCUT2D eigenvalue weighted by Crippen LogP contribution is 1.99. The molecule has 0 aromatic carbocycles. The summed E-state index contributed by atoms with van der Waals surface area (Å²) in [4.78, 5) is 15.5. The van der Waals surface area contributed by atoms with E-state index in [0.29, 0.717) is 12.1 Å². The fraction of sp³-hybridized carbons (Fsp3) is 0.364. The van der Waals surface area contributed by atoms with Gasteiger partial charge in [-0.3, -0.25) is 4.79 Å². The van der Waals surface area contributed by atoms with E-state index in [0.717, 1.165) is 0 Å². The molecular formula is C11H14N4O. The van der Waals surface area contributed by atoms with Gasteiger partial charge in [0.1, 0.15) is 11.8 Å². The van der Waals surface area contributed by atoms with Crippen molar-refractivity contribution in [2.45, 2.75) is 19.4 Å². The van der Waals surface area contributed by atoms with Gasteiger partial charge in [-0.1, -0.05) is 0 Å². The van der Waals surface area contributed by atoms with Crippen LogP contribution in [0, 0.1) is 11.3 Å². The van der Waals surface area contributed by atoms with Gasteiger partial charge >= 0.3 is 0 Å². The predicted octanol–water partition coefficient (Wildman–Crippen LogP) is 0.420. The van der Waals surface area contributed by atoms with Crippen molar-refractivity contribution in [2.75, 3.05) is 6.54 Å². The first-order chi connectivity index (χ1) is 7.42. The minimum absolute atomic E-state index is 0.281. The monoisotopic (exact) mass is 218 g/mol. The zero-order valence-electron chi connectivity index (χ0n) is 9.32. The maximum absolute atomic E-state index is 11.6. The molecule has 1 aromatic heterocycles. The fourth-order valence-corrected chi connectivity index (χ4v) is 0.993. The molecule has 0 saturated carbocycles. The van der Waals surface area contributed by atoms with E-state index in [9.17, 15) is 4.79 Å². The zero-order chi connectivity index (χ0) is 12.2. The Morgan fingerprint density at radius 3 is 2.75 bits per heavy atom. The quantitative estimate of drug-likeness (QED) is 0.769. The molecule has 0 aliphatic rings. The van der Waals surface area contributed by atoms with Crippen LogP contribution in [-0.4, -0.2) is 23.0 Å². The van der Waals surface area contributed by atoms with Gasteiger partial charge in [0.25, 0.3) is 5.91 Å². The maximum atomic E-state index is 11.6.